The number of rotatable bonds is 3. The van der Waals surface area contributed by atoms with Crippen molar-refractivity contribution in [1.82, 2.24) is 0 Å². The Bertz CT molecular complexity index is 294. The van der Waals surface area contributed by atoms with Crippen molar-refractivity contribution in [3.05, 3.63) is 29.8 Å². The number of halogens is 1. The number of benzene rings is 1. The lowest BCUT2D eigenvalue weighted by molar-refractivity contribution is 0.804. The van der Waals surface area contributed by atoms with Gasteiger partial charge in [0.1, 0.15) is 0 Å². The van der Waals surface area contributed by atoms with Crippen LogP contribution in [0.25, 0.3) is 0 Å². The Kier molecular flexibility index (Phi) is 3.82. The van der Waals surface area contributed by atoms with E-state index in [4.69, 9.17) is 11.8 Å². The molecule has 0 spiro atoms. The first-order valence-electron chi connectivity index (χ1n) is 5.08. The van der Waals surface area contributed by atoms with E-state index in [9.17, 15) is 0 Å². The van der Waals surface area contributed by atoms with Crippen LogP contribution in [0.15, 0.2) is 24.3 Å². The third-order valence-electron chi connectivity index (χ3n) is 2.24. The number of hydrogen-bond donors (Lipinski definition) is 0. The summed E-state index contributed by atoms with van der Waals surface area (Å²) in [4.78, 5) is 0. The molecule has 1 aromatic rings. The van der Waals surface area contributed by atoms with Gasteiger partial charge in [0.25, 0.3) is 0 Å². The minimum Gasteiger partial charge on any atom is -0.283 e. The summed E-state index contributed by atoms with van der Waals surface area (Å²) < 4.78 is 1.80. The Labute approximate surface area is 91.8 Å². The number of para-hydroxylation sites is 1. The van der Waals surface area contributed by atoms with Crippen LogP contribution in [0.4, 0.5) is 5.69 Å². The van der Waals surface area contributed by atoms with Crippen LogP contribution in [0.2, 0.25) is 0 Å². The topological polar surface area (TPSA) is 3.24 Å². The van der Waals surface area contributed by atoms with E-state index >= 15 is 0 Å². The van der Waals surface area contributed by atoms with E-state index in [1.807, 2.05) is 6.07 Å². The summed E-state index contributed by atoms with van der Waals surface area (Å²) in [6, 6.07) is 8.61. The normalized spacial score (nSPS) is 11.1. The summed E-state index contributed by atoms with van der Waals surface area (Å²) in [6.45, 7) is 8.54. The van der Waals surface area contributed by atoms with Crippen LogP contribution in [0.5, 0.6) is 0 Å². The molecule has 1 rings (SSSR count). The molecule has 1 aromatic carbocycles. The first kappa shape index (κ1) is 11.4. The van der Waals surface area contributed by atoms with E-state index in [-0.39, 0.29) is 0 Å². The Morgan fingerprint density at radius 3 is 2.14 bits per heavy atom. The molecule has 0 radical (unpaired) electrons. The van der Waals surface area contributed by atoms with Crippen LogP contribution in [0.1, 0.15) is 39.2 Å². The van der Waals surface area contributed by atoms with Gasteiger partial charge in [-0.05, 0) is 31.4 Å². The van der Waals surface area contributed by atoms with E-state index in [2.05, 4.69) is 45.9 Å². The van der Waals surface area contributed by atoms with Crippen molar-refractivity contribution in [3.63, 3.8) is 0 Å². The smallest absolute Gasteiger partial charge is 0.0560 e. The van der Waals surface area contributed by atoms with Gasteiger partial charge in [-0.2, -0.15) is 0 Å². The maximum Gasteiger partial charge on any atom is 0.0560 e. The minimum absolute atomic E-state index is 0.316. The molecule has 0 atom stereocenters. The highest BCUT2D eigenvalue weighted by Crippen LogP contribution is 2.29. The number of hydrogen-bond acceptors (Lipinski definition) is 1. The average Bonchev–Trinajstić information content (AvgIpc) is 2.16. The fourth-order valence-corrected chi connectivity index (χ4v) is 1.60. The first-order chi connectivity index (χ1) is 6.54. The lowest BCUT2D eigenvalue weighted by Gasteiger charge is -2.24. The Morgan fingerprint density at radius 2 is 1.64 bits per heavy atom. The Hall–Kier alpha value is -0.690. The van der Waals surface area contributed by atoms with Crippen LogP contribution < -0.4 is 4.42 Å². The zero-order valence-electron chi connectivity index (χ0n) is 9.29. The second-order valence-electron chi connectivity index (χ2n) is 4.12. The predicted octanol–water partition coefficient (Wildman–Crippen LogP) is 4.18. The summed E-state index contributed by atoms with van der Waals surface area (Å²) in [5, 5.41) is 0. The average molecular weight is 212 g/mol. The molecule has 0 aliphatic heterocycles. The molecule has 0 amide bonds. The lowest BCUT2D eigenvalue weighted by Crippen LogP contribution is -2.21. The molecule has 0 saturated carbocycles. The van der Waals surface area contributed by atoms with Gasteiger partial charge in [0.2, 0.25) is 0 Å². The van der Waals surface area contributed by atoms with Crippen molar-refractivity contribution in [1.29, 1.82) is 0 Å². The second-order valence-corrected chi connectivity index (χ2v) is 4.48. The molecule has 0 aromatic heterocycles. The molecule has 0 bridgehead atoms. The van der Waals surface area contributed by atoms with Crippen molar-refractivity contribution in [3.8, 4) is 0 Å². The zero-order valence-corrected chi connectivity index (χ0v) is 10.0. The quantitative estimate of drug-likeness (QED) is 0.678. The standard InChI is InChI=1S/C12H18ClN/c1-9(2)11-7-5-6-8-12(11)14(13)10(3)4/h5-10H,1-4H3. The van der Waals surface area contributed by atoms with Gasteiger partial charge in [-0.25, -0.2) is 0 Å². The van der Waals surface area contributed by atoms with Gasteiger partial charge >= 0.3 is 0 Å². The van der Waals surface area contributed by atoms with Gasteiger partial charge in [0.05, 0.1) is 5.69 Å². The summed E-state index contributed by atoms with van der Waals surface area (Å²) >= 11 is 6.22. The SMILES string of the molecule is CC(C)c1ccccc1N(Cl)C(C)C. The zero-order chi connectivity index (χ0) is 10.7. The summed E-state index contributed by atoms with van der Waals surface area (Å²) in [6.07, 6.45) is 0. The van der Waals surface area contributed by atoms with Gasteiger partial charge in [-0.15, -0.1) is 0 Å². The molecule has 0 unspecified atom stereocenters. The molecule has 14 heavy (non-hydrogen) atoms. The van der Waals surface area contributed by atoms with Crippen LogP contribution in [-0.2, 0) is 0 Å². The maximum atomic E-state index is 6.22. The Morgan fingerprint density at radius 1 is 1.07 bits per heavy atom. The third kappa shape index (κ3) is 2.42. The van der Waals surface area contributed by atoms with E-state index in [0.717, 1.165) is 5.69 Å². The van der Waals surface area contributed by atoms with Gasteiger partial charge < -0.3 is 0 Å². The van der Waals surface area contributed by atoms with Crippen molar-refractivity contribution in [2.45, 2.75) is 39.7 Å². The van der Waals surface area contributed by atoms with Gasteiger partial charge in [-0.3, -0.25) is 4.42 Å². The highest BCUT2D eigenvalue weighted by atomic mass is 35.5. The summed E-state index contributed by atoms with van der Waals surface area (Å²) in [5.74, 6) is 0.506. The molecule has 0 saturated heterocycles. The molecule has 0 heterocycles. The fraction of sp³-hybridized carbons (Fsp3) is 0.500. The molecule has 0 aliphatic rings. The number of nitrogens with zero attached hydrogens (tertiary/aromatic N) is 1. The minimum atomic E-state index is 0.316. The van der Waals surface area contributed by atoms with Gasteiger partial charge in [0.15, 0.2) is 0 Å². The molecular weight excluding hydrogens is 194 g/mol. The van der Waals surface area contributed by atoms with Crippen molar-refractivity contribution in [2.24, 2.45) is 0 Å². The van der Waals surface area contributed by atoms with E-state index in [1.54, 1.807) is 4.42 Å². The monoisotopic (exact) mass is 211 g/mol. The van der Waals surface area contributed by atoms with Gasteiger partial charge in [0, 0.05) is 17.8 Å². The maximum absolute atomic E-state index is 6.22. The predicted molar refractivity (Wildman–Crippen MR) is 64.0 cm³/mol. The van der Waals surface area contributed by atoms with Crippen molar-refractivity contribution in [2.75, 3.05) is 4.42 Å². The Balaban J connectivity index is 3.06. The summed E-state index contributed by atoms with van der Waals surface area (Å²) in [5.41, 5.74) is 2.43. The van der Waals surface area contributed by atoms with Crippen molar-refractivity contribution >= 4 is 17.5 Å². The highest BCUT2D eigenvalue weighted by molar-refractivity contribution is 6.26. The van der Waals surface area contributed by atoms with Crippen molar-refractivity contribution < 1.29 is 0 Å². The molecule has 2 heteroatoms. The molecule has 78 valence electrons. The summed E-state index contributed by atoms with van der Waals surface area (Å²) in [7, 11) is 0. The molecule has 0 N–H and O–H groups in total. The first-order valence-corrected chi connectivity index (χ1v) is 5.41. The second kappa shape index (κ2) is 4.70. The van der Waals surface area contributed by atoms with E-state index in [1.165, 1.54) is 5.56 Å². The molecule has 0 aliphatic carbocycles. The van der Waals surface area contributed by atoms with Crippen LogP contribution in [0.3, 0.4) is 0 Å². The van der Waals surface area contributed by atoms with Crippen LogP contribution >= 0.6 is 11.8 Å². The largest absolute Gasteiger partial charge is 0.283 e. The van der Waals surface area contributed by atoms with E-state index in [0.29, 0.717) is 12.0 Å². The molecule has 1 nitrogen and oxygen atoms in total. The van der Waals surface area contributed by atoms with Crippen LogP contribution in [-0.4, -0.2) is 6.04 Å². The molecule has 0 fully saturated rings. The van der Waals surface area contributed by atoms with Gasteiger partial charge in [-0.1, -0.05) is 32.0 Å². The third-order valence-corrected chi connectivity index (χ3v) is 2.81. The number of anilines is 1. The fourth-order valence-electron chi connectivity index (χ4n) is 1.45. The lowest BCUT2D eigenvalue weighted by atomic mass is 10.0. The van der Waals surface area contributed by atoms with E-state index < -0.39 is 0 Å². The van der Waals surface area contributed by atoms with Crippen LogP contribution in [0, 0.1) is 0 Å². The highest BCUT2D eigenvalue weighted by Gasteiger charge is 2.13. The molecular formula is C12H18ClN.